The summed E-state index contributed by atoms with van der Waals surface area (Å²) in [6, 6.07) is 7.40. The van der Waals surface area contributed by atoms with E-state index in [-0.39, 0.29) is 18.9 Å². The largest absolute Gasteiger partial charge is 0.487 e. The SMILES string of the molecule is NC1CC2(CCC(C(F)(F)F)CC2)Oc2ccccc21. The molecule has 110 valence electrons. The Bertz CT molecular complexity index is 492. The Kier molecular flexibility index (Phi) is 3.20. The number of halogens is 3. The highest BCUT2D eigenvalue weighted by Gasteiger charge is 2.48. The number of benzene rings is 1. The molecular formula is C15H18F3NO. The van der Waals surface area contributed by atoms with Crippen LogP contribution in [0.2, 0.25) is 0 Å². The fourth-order valence-electron chi connectivity index (χ4n) is 3.44. The molecule has 1 aliphatic carbocycles. The lowest BCUT2D eigenvalue weighted by atomic mass is 9.73. The predicted molar refractivity (Wildman–Crippen MR) is 69.4 cm³/mol. The Hall–Kier alpha value is -1.23. The van der Waals surface area contributed by atoms with E-state index < -0.39 is 17.7 Å². The van der Waals surface area contributed by atoms with Crippen molar-refractivity contribution in [3.05, 3.63) is 29.8 Å². The first kappa shape index (κ1) is 13.7. The van der Waals surface area contributed by atoms with Crippen molar-refractivity contribution in [1.82, 2.24) is 0 Å². The van der Waals surface area contributed by atoms with Crippen molar-refractivity contribution in [1.29, 1.82) is 0 Å². The number of rotatable bonds is 0. The molecule has 5 heteroatoms. The highest BCUT2D eigenvalue weighted by molar-refractivity contribution is 5.38. The zero-order valence-corrected chi connectivity index (χ0v) is 11.1. The van der Waals surface area contributed by atoms with E-state index in [0.717, 1.165) is 11.3 Å². The van der Waals surface area contributed by atoms with E-state index in [9.17, 15) is 13.2 Å². The number of hydrogen-bond acceptors (Lipinski definition) is 2. The molecule has 1 atom stereocenters. The first-order chi connectivity index (χ1) is 9.40. The molecule has 0 aromatic heterocycles. The van der Waals surface area contributed by atoms with Crippen LogP contribution in [0, 0.1) is 5.92 Å². The molecule has 1 unspecified atom stereocenters. The summed E-state index contributed by atoms with van der Waals surface area (Å²) in [6.07, 6.45) is -2.35. The maximum Gasteiger partial charge on any atom is 0.391 e. The third-order valence-corrected chi connectivity index (χ3v) is 4.60. The lowest BCUT2D eigenvalue weighted by molar-refractivity contribution is -0.191. The summed E-state index contributed by atoms with van der Waals surface area (Å²) >= 11 is 0. The van der Waals surface area contributed by atoms with Gasteiger partial charge in [-0.1, -0.05) is 18.2 Å². The van der Waals surface area contributed by atoms with Gasteiger partial charge in [0.15, 0.2) is 0 Å². The van der Waals surface area contributed by atoms with E-state index in [2.05, 4.69) is 0 Å². The van der Waals surface area contributed by atoms with E-state index >= 15 is 0 Å². The molecule has 0 amide bonds. The molecule has 0 radical (unpaired) electrons. The maximum absolute atomic E-state index is 12.7. The molecule has 1 aromatic rings. The molecule has 2 N–H and O–H groups in total. The van der Waals surface area contributed by atoms with Crippen molar-refractivity contribution in [3.63, 3.8) is 0 Å². The third-order valence-electron chi connectivity index (χ3n) is 4.60. The van der Waals surface area contributed by atoms with Crippen LogP contribution in [-0.4, -0.2) is 11.8 Å². The van der Waals surface area contributed by atoms with E-state index in [1.54, 1.807) is 0 Å². The van der Waals surface area contributed by atoms with Crippen LogP contribution in [0.25, 0.3) is 0 Å². The van der Waals surface area contributed by atoms with Gasteiger partial charge in [0.05, 0.1) is 5.92 Å². The lowest BCUT2D eigenvalue weighted by Crippen LogP contribution is -2.47. The average molecular weight is 285 g/mol. The molecular weight excluding hydrogens is 267 g/mol. The molecule has 1 aromatic carbocycles. The maximum atomic E-state index is 12.7. The van der Waals surface area contributed by atoms with Gasteiger partial charge < -0.3 is 10.5 Å². The van der Waals surface area contributed by atoms with Crippen molar-refractivity contribution < 1.29 is 17.9 Å². The van der Waals surface area contributed by atoms with E-state index in [4.69, 9.17) is 10.5 Å². The molecule has 2 nitrogen and oxygen atoms in total. The van der Waals surface area contributed by atoms with E-state index in [1.165, 1.54) is 0 Å². The van der Waals surface area contributed by atoms with Gasteiger partial charge in [0.25, 0.3) is 0 Å². The van der Waals surface area contributed by atoms with Crippen molar-refractivity contribution in [2.24, 2.45) is 11.7 Å². The second-order valence-corrected chi connectivity index (χ2v) is 5.95. The standard InChI is InChI=1S/C15H18F3NO/c16-15(17,18)10-5-7-14(8-6-10)9-12(19)11-3-1-2-4-13(11)20-14/h1-4,10,12H,5-9,19H2. The van der Waals surface area contributed by atoms with Crippen LogP contribution >= 0.6 is 0 Å². The summed E-state index contributed by atoms with van der Waals surface area (Å²) in [7, 11) is 0. The summed E-state index contributed by atoms with van der Waals surface area (Å²) in [5, 5.41) is 0. The molecule has 1 heterocycles. The molecule has 0 bridgehead atoms. The molecule has 1 saturated carbocycles. The fraction of sp³-hybridized carbons (Fsp3) is 0.600. The Balaban J connectivity index is 1.77. The number of fused-ring (bicyclic) bond motifs is 1. The van der Waals surface area contributed by atoms with E-state index in [1.807, 2.05) is 24.3 Å². The normalized spacial score (nSPS) is 33.6. The van der Waals surface area contributed by atoms with E-state index in [0.29, 0.717) is 19.3 Å². The van der Waals surface area contributed by atoms with Gasteiger partial charge in [0.2, 0.25) is 0 Å². The first-order valence-corrected chi connectivity index (χ1v) is 7.00. The smallest absolute Gasteiger partial charge is 0.391 e. The van der Waals surface area contributed by atoms with Crippen LogP contribution < -0.4 is 10.5 Å². The Labute approximate surface area is 116 Å². The van der Waals surface area contributed by atoms with Crippen molar-refractivity contribution >= 4 is 0 Å². The molecule has 1 spiro atoms. The fourth-order valence-corrected chi connectivity index (χ4v) is 3.44. The molecule has 0 saturated heterocycles. The Morgan fingerprint density at radius 3 is 2.45 bits per heavy atom. The summed E-state index contributed by atoms with van der Waals surface area (Å²) in [5.41, 5.74) is 6.62. The summed E-state index contributed by atoms with van der Waals surface area (Å²) in [4.78, 5) is 0. The van der Waals surface area contributed by atoms with Gasteiger partial charge in [-0.15, -0.1) is 0 Å². The minimum Gasteiger partial charge on any atom is -0.487 e. The second kappa shape index (κ2) is 4.65. The van der Waals surface area contributed by atoms with Crippen LogP contribution in [0.1, 0.15) is 43.7 Å². The number of ether oxygens (including phenoxy) is 1. The molecule has 2 aliphatic rings. The highest BCUT2D eigenvalue weighted by atomic mass is 19.4. The van der Waals surface area contributed by atoms with Crippen LogP contribution in [0.15, 0.2) is 24.3 Å². The van der Waals surface area contributed by atoms with Crippen LogP contribution in [0.3, 0.4) is 0 Å². The minimum absolute atomic E-state index is 0.137. The Morgan fingerprint density at radius 1 is 1.15 bits per heavy atom. The van der Waals surface area contributed by atoms with Gasteiger partial charge in [-0.25, -0.2) is 0 Å². The number of hydrogen-bond donors (Lipinski definition) is 1. The zero-order chi connectivity index (χ0) is 14.4. The summed E-state index contributed by atoms with van der Waals surface area (Å²) in [6.45, 7) is 0. The molecule has 1 aliphatic heterocycles. The number of nitrogens with two attached hydrogens (primary N) is 1. The third kappa shape index (κ3) is 2.39. The van der Waals surface area contributed by atoms with Crippen LogP contribution in [-0.2, 0) is 0 Å². The second-order valence-electron chi connectivity index (χ2n) is 5.95. The monoisotopic (exact) mass is 285 g/mol. The first-order valence-electron chi connectivity index (χ1n) is 7.00. The lowest BCUT2D eigenvalue weighted by Gasteiger charge is -2.45. The average Bonchev–Trinajstić information content (AvgIpc) is 2.38. The summed E-state index contributed by atoms with van der Waals surface area (Å²) < 4.78 is 44.3. The van der Waals surface area contributed by atoms with Gasteiger partial charge in [-0.3, -0.25) is 0 Å². The van der Waals surface area contributed by atoms with Gasteiger partial charge in [0, 0.05) is 18.0 Å². The highest BCUT2D eigenvalue weighted by Crippen LogP contribution is 2.49. The predicted octanol–water partition coefficient (Wildman–Crippen LogP) is 3.96. The van der Waals surface area contributed by atoms with Gasteiger partial charge in [-0.2, -0.15) is 13.2 Å². The zero-order valence-electron chi connectivity index (χ0n) is 11.1. The molecule has 20 heavy (non-hydrogen) atoms. The Morgan fingerprint density at radius 2 is 1.80 bits per heavy atom. The van der Waals surface area contributed by atoms with Crippen molar-refractivity contribution in [3.8, 4) is 5.75 Å². The number of para-hydroxylation sites is 1. The molecule has 1 fully saturated rings. The van der Waals surface area contributed by atoms with Gasteiger partial charge >= 0.3 is 6.18 Å². The summed E-state index contributed by atoms with van der Waals surface area (Å²) in [5.74, 6) is -0.457. The van der Waals surface area contributed by atoms with Crippen molar-refractivity contribution in [2.45, 2.75) is 49.9 Å². The van der Waals surface area contributed by atoms with Crippen LogP contribution in [0.4, 0.5) is 13.2 Å². The van der Waals surface area contributed by atoms with Gasteiger partial charge in [-0.05, 0) is 31.7 Å². The van der Waals surface area contributed by atoms with Crippen LogP contribution in [0.5, 0.6) is 5.75 Å². The minimum atomic E-state index is -4.09. The quantitative estimate of drug-likeness (QED) is 0.783. The van der Waals surface area contributed by atoms with Crippen molar-refractivity contribution in [2.75, 3.05) is 0 Å². The van der Waals surface area contributed by atoms with Gasteiger partial charge in [0.1, 0.15) is 11.4 Å². The number of alkyl halides is 3. The topological polar surface area (TPSA) is 35.2 Å². The molecule has 3 rings (SSSR count).